The highest BCUT2D eigenvalue weighted by Gasteiger charge is 2.34. The van der Waals surface area contributed by atoms with Gasteiger partial charge in [0.2, 0.25) is 16.6 Å². The summed E-state index contributed by atoms with van der Waals surface area (Å²) >= 11 is 0. The van der Waals surface area contributed by atoms with E-state index in [9.17, 15) is 0 Å². The zero-order valence-electron chi connectivity index (χ0n) is 51.4. The summed E-state index contributed by atoms with van der Waals surface area (Å²) < 4.78 is 4.90. The lowest BCUT2D eigenvalue weighted by molar-refractivity contribution is -0.618. The van der Waals surface area contributed by atoms with Crippen LogP contribution in [-0.2, 0) is 14.1 Å². The lowest BCUT2D eigenvalue weighted by Crippen LogP contribution is -2.34. The van der Waals surface area contributed by atoms with Gasteiger partial charge in [-0.15, -0.1) is 22.9 Å². The summed E-state index contributed by atoms with van der Waals surface area (Å²) in [5.41, 5.74) is 18.4. The van der Waals surface area contributed by atoms with E-state index in [0.717, 1.165) is 60.6 Å². The molecular formula is C90H53N4+. The molecule has 4 nitrogen and oxygen atoms in total. The van der Waals surface area contributed by atoms with E-state index in [0.29, 0.717) is 0 Å². The molecule has 4 aromatic heterocycles. The van der Waals surface area contributed by atoms with E-state index in [4.69, 9.17) is 9.97 Å². The van der Waals surface area contributed by atoms with Crippen LogP contribution in [0.1, 0.15) is 0 Å². The monoisotopic (exact) mass is 1190 g/mol. The number of hydrogen-bond acceptors (Lipinski definition) is 2. The van der Waals surface area contributed by atoms with Crippen LogP contribution in [0.25, 0.3) is 218 Å². The average Bonchev–Trinajstić information content (AvgIpc) is 0.689. The summed E-state index contributed by atoms with van der Waals surface area (Å²) in [4.78, 5) is 11.2. The molecule has 0 radical (unpaired) electrons. The molecule has 0 amide bonds. The van der Waals surface area contributed by atoms with E-state index in [2.05, 4.69) is 314 Å². The van der Waals surface area contributed by atoms with Gasteiger partial charge in [-0.25, -0.2) is 14.5 Å². The fraction of sp³-hybridized carbons (Fsp3) is 0.0222. The number of aryl methyl sites for hydroxylation is 2. The number of rotatable bonds is 4. The predicted octanol–water partition coefficient (Wildman–Crippen LogP) is 22.5. The van der Waals surface area contributed by atoms with Gasteiger partial charge in [0.05, 0.1) is 49.4 Å². The molecule has 0 aliphatic rings. The number of fused-ring (bicyclic) bond motifs is 8. The van der Waals surface area contributed by atoms with Gasteiger partial charge in [0, 0.05) is 49.5 Å². The van der Waals surface area contributed by atoms with Crippen LogP contribution in [0.5, 0.6) is 0 Å². The summed E-state index contributed by atoms with van der Waals surface area (Å²) in [6, 6.07) is 108. The van der Waals surface area contributed by atoms with Crippen molar-refractivity contribution < 1.29 is 9.13 Å². The van der Waals surface area contributed by atoms with Gasteiger partial charge in [-0.3, -0.25) is 0 Å². The fourth-order valence-corrected chi connectivity index (χ4v) is 17.2. The third kappa shape index (κ3) is 6.90. The van der Waals surface area contributed by atoms with Gasteiger partial charge in [0.15, 0.2) is 0 Å². The minimum Gasteiger partial charge on any atom is -0.247 e. The first-order valence-corrected chi connectivity index (χ1v) is 32.5. The average molecular weight is 1190 g/mol. The second-order valence-electron chi connectivity index (χ2n) is 25.7. The van der Waals surface area contributed by atoms with E-state index in [1.807, 2.05) is 0 Å². The Morgan fingerprint density at radius 2 is 0.574 bits per heavy atom. The molecule has 0 aliphatic carbocycles. The van der Waals surface area contributed by atoms with Gasteiger partial charge in [0.25, 0.3) is 0 Å². The molecule has 0 atom stereocenters. The highest BCUT2D eigenvalue weighted by atomic mass is 15.0. The molecule has 0 unspecified atom stereocenters. The van der Waals surface area contributed by atoms with E-state index in [-0.39, 0.29) is 0 Å². The Morgan fingerprint density at radius 1 is 0.245 bits per heavy atom. The highest BCUT2D eigenvalue weighted by Crippen LogP contribution is 2.53. The minimum atomic E-state index is 1.01. The van der Waals surface area contributed by atoms with Crippen LogP contribution in [0, 0.1) is 6.07 Å². The smallest absolute Gasteiger partial charge is 0.223 e. The van der Waals surface area contributed by atoms with E-state index in [1.165, 1.54) is 157 Å². The van der Waals surface area contributed by atoms with Crippen molar-refractivity contribution in [3.63, 3.8) is 0 Å². The molecule has 4 heteroatoms. The summed E-state index contributed by atoms with van der Waals surface area (Å²) in [7, 11) is 4.51. The highest BCUT2D eigenvalue weighted by molar-refractivity contribution is 6.40. The van der Waals surface area contributed by atoms with Crippen molar-refractivity contribution in [1.82, 2.24) is 9.97 Å². The molecule has 94 heavy (non-hydrogen) atoms. The Kier molecular flexibility index (Phi) is 10.5. The van der Waals surface area contributed by atoms with Gasteiger partial charge in [-0.05, 0) is 105 Å². The molecule has 4 heterocycles. The first-order valence-electron chi connectivity index (χ1n) is 32.5. The van der Waals surface area contributed by atoms with Crippen LogP contribution < -0.4 is 9.13 Å². The van der Waals surface area contributed by atoms with E-state index >= 15 is 0 Å². The molecular weight excluding hydrogens is 1140 g/mol. The number of pyridine rings is 4. The van der Waals surface area contributed by atoms with Crippen molar-refractivity contribution in [2.45, 2.75) is 0 Å². The van der Waals surface area contributed by atoms with Crippen LogP contribution in [0.3, 0.4) is 0 Å². The normalized spacial score (nSPS) is 12.4. The summed E-state index contributed by atoms with van der Waals surface area (Å²) in [5.74, 6) is 0. The third-order valence-corrected chi connectivity index (χ3v) is 21.0. The SMILES string of the molecule is C[n+]1c2[c-]cc3cccc4ccc(c5c(-c6ccccc6)c6c(c(-c7ccccc7)c51)c1ccc5cccc7ccc(c1c57)[n+]6C)c2c34.c1ccc(-c2c3nc4ccc5cccc6ccc(c3c(-c3ccccc3)c3nc7ccc8cccc9ccc(c23)c7c89)c4c56)cc1. The maximum Gasteiger partial charge on any atom is 0.223 e. The maximum absolute atomic E-state index is 5.62. The van der Waals surface area contributed by atoms with Gasteiger partial charge in [-0.1, -0.05) is 254 Å². The number of nitrogens with zero attached hydrogens (tertiary/aromatic N) is 4. The van der Waals surface area contributed by atoms with Crippen molar-refractivity contribution >= 4 is 173 Å². The van der Waals surface area contributed by atoms with Crippen molar-refractivity contribution in [2.75, 3.05) is 0 Å². The minimum absolute atomic E-state index is 1.01. The van der Waals surface area contributed by atoms with E-state index in [1.54, 1.807) is 0 Å². The summed E-state index contributed by atoms with van der Waals surface area (Å²) in [6.45, 7) is 0. The lowest BCUT2D eigenvalue weighted by atomic mass is 9.83. The standard InChI is InChI=1S/C46H29N2.C44H24N2/c1-47-35-25-21-31-17-9-15-29-19-23-33(41(35)37(29)31)43-40(28-13-7-4-8-14-28)46-44(39(45(43)47)27-11-5-3-6-12-27)34-24-20-30-16-10-18-32-22-26-36(48(46)2)42(34)38(30)32;1-3-9-25(10-4-1)37-41-31-21-17-27-13-7-15-29-20-24-34(39(31)35(27)29)46-44(41)38(26-11-5-2-6-12-26)42-32-22-18-28-14-8-16-30-19-23-33(45-43(37)42)40(32)36(28)30/h3-25H,1-2H3;1-24H/q+1;. The van der Waals surface area contributed by atoms with Crippen molar-refractivity contribution in [3.8, 4) is 44.5 Å². The molecule has 0 saturated carbocycles. The maximum atomic E-state index is 5.62. The van der Waals surface area contributed by atoms with Gasteiger partial charge in [-0.2, -0.15) is 10.6 Å². The molecule has 0 aliphatic heterocycles. The molecule has 0 spiro atoms. The summed E-state index contributed by atoms with van der Waals surface area (Å²) in [6.07, 6.45) is 0. The zero-order valence-corrected chi connectivity index (χ0v) is 51.4. The topological polar surface area (TPSA) is 33.5 Å². The lowest BCUT2D eigenvalue weighted by Gasteiger charge is -2.22. The number of benzene rings is 18. The molecule has 22 rings (SSSR count). The van der Waals surface area contributed by atoms with Gasteiger partial charge >= 0.3 is 0 Å². The second-order valence-corrected chi connectivity index (χ2v) is 25.7. The summed E-state index contributed by atoms with van der Waals surface area (Å²) in [5, 5.41) is 30.1. The van der Waals surface area contributed by atoms with Gasteiger partial charge < -0.3 is 0 Å². The second kappa shape index (κ2) is 19.2. The predicted molar refractivity (Wildman–Crippen MR) is 396 cm³/mol. The van der Waals surface area contributed by atoms with Crippen LogP contribution >= 0.6 is 0 Å². The zero-order chi connectivity index (χ0) is 61.6. The fourth-order valence-electron chi connectivity index (χ4n) is 17.2. The van der Waals surface area contributed by atoms with Crippen LogP contribution in [0.15, 0.2) is 285 Å². The molecule has 0 saturated heterocycles. The quantitative estimate of drug-likeness (QED) is 0.0762. The van der Waals surface area contributed by atoms with E-state index < -0.39 is 0 Å². The molecule has 0 fully saturated rings. The van der Waals surface area contributed by atoms with Crippen molar-refractivity contribution in [2.24, 2.45) is 14.1 Å². The van der Waals surface area contributed by atoms with Crippen LogP contribution in [0.4, 0.5) is 0 Å². The Bertz CT molecular complexity index is 6460. The van der Waals surface area contributed by atoms with Crippen LogP contribution in [-0.4, -0.2) is 9.97 Å². The number of aromatic nitrogens is 4. The molecule has 22 aromatic rings. The first-order chi connectivity index (χ1) is 46.5. The van der Waals surface area contributed by atoms with Crippen molar-refractivity contribution in [1.29, 1.82) is 0 Å². The molecule has 432 valence electrons. The molecule has 18 aromatic carbocycles. The Hall–Kier alpha value is -12.2. The molecule has 0 bridgehead atoms. The van der Waals surface area contributed by atoms with Crippen LogP contribution in [0.2, 0.25) is 0 Å². The third-order valence-electron chi connectivity index (χ3n) is 21.0. The van der Waals surface area contributed by atoms with Crippen molar-refractivity contribution in [3.05, 3.63) is 291 Å². The molecule has 0 N–H and O–H groups in total. The first kappa shape index (κ1) is 51.5. The Balaban J connectivity index is 0.000000126. The largest absolute Gasteiger partial charge is 0.247 e. The Morgan fingerprint density at radius 3 is 1.00 bits per heavy atom. The van der Waals surface area contributed by atoms with Gasteiger partial charge in [0.1, 0.15) is 19.6 Å². The Labute approximate surface area is 539 Å². The number of hydrogen-bond donors (Lipinski definition) is 0.